The number of rotatable bonds is 8. The monoisotopic (exact) mass is 522 g/mol. The largest absolute Gasteiger partial charge is 0.391 e. The zero-order valence-corrected chi connectivity index (χ0v) is 20.4. The lowest BCUT2D eigenvalue weighted by molar-refractivity contribution is -0.135. The Bertz CT molecular complexity index is 1470. The summed E-state index contributed by atoms with van der Waals surface area (Å²) >= 11 is 1.25. The van der Waals surface area contributed by atoms with Crippen molar-refractivity contribution < 1.29 is 19.1 Å². The van der Waals surface area contributed by atoms with Crippen molar-refractivity contribution in [2.45, 2.75) is 25.1 Å². The molecule has 13 heteroatoms. The molecule has 3 N–H and O–H groups in total. The number of pyridine rings is 2. The van der Waals surface area contributed by atoms with Crippen LogP contribution in [0.3, 0.4) is 0 Å². The first kappa shape index (κ1) is 24.5. The maximum Gasteiger partial charge on any atom is 0.246 e. The molecule has 0 bridgehead atoms. The van der Waals surface area contributed by atoms with Crippen LogP contribution in [0.2, 0.25) is 0 Å². The van der Waals surface area contributed by atoms with Gasteiger partial charge in [0, 0.05) is 44.5 Å². The summed E-state index contributed by atoms with van der Waals surface area (Å²) in [6.45, 7) is 4.28. The lowest BCUT2D eigenvalue weighted by Crippen LogP contribution is -2.46. The van der Waals surface area contributed by atoms with Gasteiger partial charge in [-0.3, -0.25) is 14.6 Å². The Hall–Kier alpha value is -4.23. The number of amides is 2. The van der Waals surface area contributed by atoms with Crippen LogP contribution in [0.5, 0.6) is 0 Å². The lowest BCUT2D eigenvalue weighted by atomic mass is 10.2. The summed E-state index contributed by atoms with van der Waals surface area (Å²) in [5, 5.41) is 16.4. The Balaban J connectivity index is 1.24. The fourth-order valence-electron chi connectivity index (χ4n) is 4.17. The number of aromatic nitrogens is 5. The molecule has 11 nitrogen and oxygen atoms in total. The van der Waals surface area contributed by atoms with Gasteiger partial charge in [-0.1, -0.05) is 17.9 Å². The van der Waals surface area contributed by atoms with Gasteiger partial charge in [-0.25, -0.2) is 19.3 Å². The minimum Gasteiger partial charge on any atom is -0.391 e. The molecule has 1 aliphatic heterocycles. The maximum absolute atomic E-state index is 14.0. The Morgan fingerprint density at radius 3 is 2.95 bits per heavy atom. The van der Waals surface area contributed by atoms with E-state index in [4.69, 9.17) is 0 Å². The quantitative estimate of drug-likeness (QED) is 0.299. The number of halogens is 1. The number of imidazole rings is 1. The molecule has 1 saturated heterocycles. The van der Waals surface area contributed by atoms with Crippen LogP contribution < -0.4 is 10.6 Å². The number of β-amino-alcohol motifs (C(OH)–C–C–N with tert-alkyl or cyclic N) is 1. The molecule has 0 saturated carbocycles. The first-order valence-electron chi connectivity index (χ1n) is 11.5. The molecule has 37 heavy (non-hydrogen) atoms. The molecule has 2 amide bonds. The van der Waals surface area contributed by atoms with Crippen molar-refractivity contribution in [3.8, 4) is 10.6 Å². The topological polar surface area (TPSA) is 138 Å². The van der Waals surface area contributed by atoms with E-state index in [9.17, 15) is 19.1 Å². The van der Waals surface area contributed by atoms with Crippen LogP contribution >= 0.6 is 11.3 Å². The van der Waals surface area contributed by atoms with E-state index in [0.29, 0.717) is 34.4 Å². The summed E-state index contributed by atoms with van der Waals surface area (Å²) in [7, 11) is 0. The van der Waals surface area contributed by atoms with Crippen LogP contribution in [-0.4, -0.2) is 71.6 Å². The molecule has 0 radical (unpaired) electrons. The number of hydrogen-bond acceptors (Lipinski definition) is 9. The average molecular weight is 523 g/mol. The van der Waals surface area contributed by atoms with Crippen LogP contribution in [0.15, 0.2) is 55.8 Å². The van der Waals surface area contributed by atoms with Crippen LogP contribution in [0.1, 0.15) is 6.42 Å². The van der Waals surface area contributed by atoms with E-state index >= 15 is 0 Å². The highest BCUT2D eigenvalue weighted by atomic mass is 32.1. The molecule has 0 aromatic carbocycles. The molecule has 1 aliphatic rings. The van der Waals surface area contributed by atoms with E-state index < -0.39 is 18.0 Å². The summed E-state index contributed by atoms with van der Waals surface area (Å²) in [6.07, 6.45) is 6.94. The molecule has 0 spiro atoms. The fourth-order valence-corrected chi connectivity index (χ4v) is 4.99. The third kappa shape index (κ3) is 5.17. The van der Waals surface area contributed by atoms with E-state index in [1.54, 1.807) is 18.7 Å². The molecular weight excluding hydrogens is 499 g/mol. The highest BCUT2D eigenvalue weighted by molar-refractivity contribution is 7.18. The molecule has 4 aromatic rings. The average Bonchev–Trinajstić information content (AvgIpc) is 3.62. The number of carbonyl (C=O) groups is 2. The number of thiazole rings is 1. The van der Waals surface area contributed by atoms with Crippen molar-refractivity contribution in [3.05, 3.63) is 61.6 Å². The molecule has 0 aliphatic carbocycles. The molecule has 5 rings (SSSR count). The summed E-state index contributed by atoms with van der Waals surface area (Å²) < 4.78 is 15.9. The number of carbonyl (C=O) groups excluding carboxylic acids is 2. The van der Waals surface area contributed by atoms with Gasteiger partial charge in [-0.15, -0.1) is 0 Å². The third-order valence-electron chi connectivity index (χ3n) is 5.93. The minimum absolute atomic E-state index is 0.106. The van der Waals surface area contributed by atoms with Crippen molar-refractivity contribution in [2.75, 3.05) is 18.4 Å². The fraction of sp³-hybridized carbons (Fsp3) is 0.250. The number of aliphatic hydroxyl groups is 1. The van der Waals surface area contributed by atoms with Gasteiger partial charge < -0.3 is 25.2 Å². The van der Waals surface area contributed by atoms with E-state index in [-0.39, 0.29) is 30.5 Å². The van der Waals surface area contributed by atoms with Crippen LogP contribution in [0.4, 0.5) is 15.3 Å². The second-order valence-corrected chi connectivity index (χ2v) is 9.41. The van der Waals surface area contributed by atoms with Gasteiger partial charge >= 0.3 is 0 Å². The SMILES string of the molecule is C=CC(=O)N1C[C@@H](O)C[C@@H]1C(=O)NCCn1cnc2cnc(Nc3ncc(-c4ncccc4F)s3)cc21. The number of nitrogens with zero attached hydrogens (tertiary/aromatic N) is 6. The third-order valence-corrected chi connectivity index (χ3v) is 6.85. The number of hydrogen-bond donors (Lipinski definition) is 3. The van der Waals surface area contributed by atoms with Gasteiger partial charge in [-0.05, 0) is 18.2 Å². The predicted octanol–water partition coefficient (Wildman–Crippen LogP) is 2.10. The number of nitrogens with one attached hydrogen (secondary N) is 2. The molecule has 4 aromatic heterocycles. The van der Waals surface area contributed by atoms with Crippen molar-refractivity contribution in [2.24, 2.45) is 0 Å². The van der Waals surface area contributed by atoms with Crippen molar-refractivity contribution in [1.82, 2.24) is 34.7 Å². The zero-order valence-electron chi connectivity index (χ0n) is 19.5. The van der Waals surface area contributed by atoms with E-state index in [1.165, 1.54) is 34.6 Å². The Morgan fingerprint density at radius 1 is 1.27 bits per heavy atom. The number of anilines is 2. The minimum atomic E-state index is -0.743. The van der Waals surface area contributed by atoms with Gasteiger partial charge in [0.1, 0.15) is 28.9 Å². The normalized spacial score (nSPS) is 17.2. The second-order valence-electron chi connectivity index (χ2n) is 8.38. The smallest absolute Gasteiger partial charge is 0.246 e. The second kappa shape index (κ2) is 10.4. The van der Waals surface area contributed by atoms with Crippen LogP contribution in [-0.2, 0) is 16.1 Å². The summed E-state index contributed by atoms with van der Waals surface area (Å²) in [5.74, 6) is -0.608. The Kier molecular flexibility index (Phi) is 6.88. The first-order chi connectivity index (χ1) is 17.9. The van der Waals surface area contributed by atoms with Gasteiger partial charge in [-0.2, -0.15) is 0 Å². The molecule has 5 heterocycles. The highest BCUT2D eigenvalue weighted by Crippen LogP contribution is 2.31. The van der Waals surface area contributed by atoms with E-state index in [0.717, 1.165) is 11.6 Å². The molecule has 2 atom stereocenters. The van der Waals surface area contributed by atoms with Crippen LogP contribution in [0, 0.1) is 5.82 Å². The molecule has 0 unspecified atom stereocenters. The van der Waals surface area contributed by atoms with E-state index in [1.807, 2.05) is 10.6 Å². The predicted molar refractivity (Wildman–Crippen MR) is 135 cm³/mol. The molecular formula is C24H23FN8O3S. The number of aliphatic hydroxyl groups excluding tert-OH is 1. The zero-order chi connectivity index (χ0) is 25.9. The first-order valence-corrected chi connectivity index (χ1v) is 12.3. The summed E-state index contributed by atoms with van der Waals surface area (Å²) in [6, 6.07) is 3.96. The lowest BCUT2D eigenvalue weighted by Gasteiger charge is -2.22. The number of likely N-dealkylation sites (tertiary alicyclic amines) is 1. The Morgan fingerprint density at radius 2 is 2.14 bits per heavy atom. The van der Waals surface area contributed by atoms with Gasteiger partial charge in [0.15, 0.2) is 5.13 Å². The summed E-state index contributed by atoms with van der Waals surface area (Å²) in [4.78, 5) is 43.7. The van der Waals surface area contributed by atoms with Crippen LogP contribution in [0.25, 0.3) is 21.6 Å². The Labute approximate surface area is 214 Å². The van der Waals surface area contributed by atoms with E-state index in [2.05, 4.69) is 37.1 Å². The molecule has 190 valence electrons. The van der Waals surface area contributed by atoms with Gasteiger partial charge in [0.25, 0.3) is 0 Å². The van der Waals surface area contributed by atoms with Gasteiger partial charge in [0.05, 0.1) is 29.0 Å². The maximum atomic E-state index is 14.0. The number of fused-ring (bicyclic) bond motifs is 1. The molecule has 1 fully saturated rings. The highest BCUT2D eigenvalue weighted by Gasteiger charge is 2.37. The van der Waals surface area contributed by atoms with Crippen molar-refractivity contribution in [3.63, 3.8) is 0 Å². The van der Waals surface area contributed by atoms with Crippen molar-refractivity contribution in [1.29, 1.82) is 0 Å². The van der Waals surface area contributed by atoms with Crippen molar-refractivity contribution >= 4 is 45.1 Å². The van der Waals surface area contributed by atoms with Gasteiger partial charge in [0.2, 0.25) is 11.8 Å². The summed E-state index contributed by atoms with van der Waals surface area (Å²) in [5.41, 5.74) is 1.70. The standard InChI is InChI=1S/C24H23FN8O3S/c1-2-21(35)33-12-14(34)8-18(33)23(36)27-6-7-32-13-30-16-10-28-20(9-17(16)32)31-24-29-11-19(37-24)22-15(25)4-3-5-26-22/h2-5,9-11,13-14,18,34H,1,6-8,12H2,(H,27,36)(H,28,29,31)/t14-,18+/m0/s1.